The predicted molar refractivity (Wildman–Crippen MR) is 108 cm³/mol. The van der Waals surface area contributed by atoms with Gasteiger partial charge in [0.1, 0.15) is 0 Å². The summed E-state index contributed by atoms with van der Waals surface area (Å²) in [6.45, 7) is 2.11. The Kier molecular flexibility index (Phi) is 8.91. The molecule has 0 unspecified atom stereocenters. The normalized spacial score (nSPS) is 12.9. The number of carboxylic acid groups (broad SMARTS) is 2. The number of aromatic nitrogens is 1. The number of fused-ring (bicyclic) bond motifs is 1. The quantitative estimate of drug-likeness (QED) is 0.684. The first-order chi connectivity index (χ1) is 13.5. The first-order valence-corrected chi connectivity index (χ1v) is 9.67. The van der Waals surface area contributed by atoms with Crippen LogP contribution >= 0.6 is 11.6 Å². The second kappa shape index (κ2) is 11.4. The molecule has 1 aliphatic heterocycles. The zero-order valence-corrected chi connectivity index (χ0v) is 16.4. The molecule has 0 bridgehead atoms. The molecule has 28 heavy (non-hydrogen) atoms. The highest BCUT2D eigenvalue weighted by Crippen LogP contribution is 2.27. The van der Waals surface area contributed by atoms with Crippen LogP contribution in [0, 0.1) is 0 Å². The van der Waals surface area contributed by atoms with Crippen molar-refractivity contribution >= 4 is 23.5 Å². The Morgan fingerprint density at radius 2 is 1.75 bits per heavy atom. The molecule has 1 aromatic carbocycles. The van der Waals surface area contributed by atoms with Crippen LogP contribution < -0.4 is 5.32 Å². The molecule has 0 aliphatic carbocycles. The Morgan fingerprint density at radius 1 is 1.04 bits per heavy atom. The molecule has 1 aromatic heterocycles. The fourth-order valence-corrected chi connectivity index (χ4v) is 3.39. The Hall–Kier alpha value is -2.44. The molecule has 2 aromatic rings. The van der Waals surface area contributed by atoms with Crippen LogP contribution in [0.25, 0.3) is 0 Å². The van der Waals surface area contributed by atoms with Crippen molar-refractivity contribution in [3.8, 4) is 0 Å². The molecular formula is C21H25ClN2O4. The van der Waals surface area contributed by atoms with Gasteiger partial charge in [0.2, 0.25) is 0 Å². The fraction of sp³-hybridized carbons (Fsp3) is 0.381. The average molecular weight is 405 g/mol. The van der Waals surface area contributed by atoms with Crippen LogP contribution in [-0.2, 0) is 35.3 Å². The lowest BCUT2D eigenvalue weighted by Crippen LogP contribution is -2.16. The molecular weight excluding hydrogens is 380 g/mol. The smallest absolute Gasteiger partial charge is 0.303 e. The van der Waals surface area contributed by atoms with Crippen molar-refractivity contribution in [2.45, 2.75) is 38.5 Å². The summed E-state index contributed by atoms with van der Waals surface area (Å²) in [5.41, 5.74) is 5.52. The van der Waals surface area contributed by atoms with E-state index in [1.807, 2.05) is 18.5 Å². The third-order valence-electron chi connectivity index (χ3n) is 4.53. The van der Waals surface area contributed by atoms with E-state index in [9.17, 15) is 9.59 Å². The maximum atomic E-state index is 9.64. The van der Waals surface area contributed by atoms with E-state index < -0.39 is 11.9 Å². The number of benzene rings is 1. The summed E-state index contributed by atoms with van der Waals surface area (Å²) in [5, 5.41) is 20.2. The summed E-state index contributed by atoms with van der Waals surface area (Å²) >= 11 is 6.44. The second-order valence-electron chi connectivity index (χ2n) is 6.56. The van der Waals surface area contributed by atoms with Gasteiger partial charge in [-0.05, 0) is 73.2 Å². The van der Waals surface area contributed by atoms with Gasteiger partial charge in [-0.1, -0.05) is 23.7 Å². The van der Waals surface area contributed by atoms with Crippen LogP contribution in [0.3, 0.4) is 0 Å². The second-order valence-corrected chi connectivity index (χ2v) is 6.97. The summed E-state index contributed by atoms with van der Waals surface area (Å²) in [6, 6.07) is 8.37. The molecule has 0 radical (unpaired) electrons. The molecule has 0 fully saturated rings. The summed E-state index contributed by atoms with van der Waals surface area (Å²) in [4.78, 5) is 23.5. The molecule has 3 rings (SSSR count). The molecule has 1 aliphatic rings. The lowest BCUT2D eigenvalue weighted by Gasteiger charge is -2.14. The van der Waals surface area contributed by atoms with Crippen LogP contribution in [0.1, 0.15) is 35.1 Å². The van der Waals surface area contributed by atoms with E-state index in [4.69, 9.17) is 21.8 Å². The number of nitrogens with one attached hydrogen (secondary N) is 1. The van der Waals surface area contributed by atoms with E-state index in [2.05, 4.69) is 28.5 Å². The maximum Gasteiger partial charge on any atom is 0.303 e. The number of carbonyl (C=O) groups is 2. The Bertz CT molecular complexity index is 782. The highest BCUT2D eigenvalue weighted by molar-refractivity contribution is 6.31. The van der Waals surface area contributed by atoms with Gasteiger partial charge < -0.3 is 15.5 Å². The van der Waals surface area contributed by atoms with Gasteiger partial charge in [-0.25, -0.2) is 0 Å². The molecule has 3 N–H and O–H groups in total. The van der Waals surface area contributed by atoms with Crippen molar-refractivity contribution in [3.63, 3.8) is 0 Å². The van der Waals surface area contributed by atoms with Crippen molar-refractivity contribution in [3.05, 3.63) is 63.9 Å². The minimum atomic E-state index is -1.08. The number of pyridine rings is 1. The third kappa shape index (κ3) is 7.29. The van der Waals surface area contributed by atoms with Crippen molar-refractivity contribution in [1.82, 2.24) is 10.3 Å². The zero-order valence-electron chi connectivity index (χ0n) is 15.7. The Labute approximate surface area is 169 Å². The Balaban J connectivity index is 0.000000300. The van der Waals surface area contributed by atoms with Crippen molar-refractivity contribution < 1.29 is 19.8 Å². The first kappa shape index (κ1) is 21.9. The summed E-state index contributed by atoms with van der Waals surface area (Å²) in [6.07, 6.45) is 7.34. The van der Waals surface area contributed by atoms with E-state index in [1.54, 1.807) is 0 Å². The molecule has 0 saturated carbocycles. The average Bonchev–Trinajstić information content (AvgIpc) is 2.92. The van der Waals surface area contributed by atoms with Gasteiger partial charge in [-0.15, -0.1) is 0 Å². The Morgan fingerprint density at radius 3 is 2.39 bits per heavy atom. The van der Waals surface area contributed by atoms with E-state index in [1.165, 1.54) is 22.3 Å². The third-order valence-corrected chi connectivity index (χ3v) is 4.89. The van der Waals surface area contributed by atoms with Crippen LogP contribution in [-0.4, -0.2) is 40.2 Å². The molecule has 0 saturated heterocycles. The van der Waals surface area contributed by atoms with E-state index in [-0.39, 0.29) is 12.8 Å². The first-order valence-electron chi connectivity index (χ1n) is 9.29. The molecule has 7 heteroatoms. The van der Waals surface area contributed by atoms with Crippen molar-refractivity contribution in [2.24, 2.45) is 0 Å². The molecule has 0 atom stereocenters. The fourth-order valence-electron chi connectivity index (χ4n) is 3.12. The number of halogens is 1. The zero-order chi connectivity index (χ0) is 20.4. The van der Waals surface area contributed by atoms with Crippen LogP contribution in [0.4, 0.5) is 0 Å². The lowest BCUT2D eigenvalue weighted by atomic mass is 9.93. The van der Waals surface area contributed by atoms with Crippen molar-refractivity contribution in [1.29, 1.82) is 0 Å². The van der Waals surface area contributed by atoms with Crippen LogP contribution in [0.2, 0.25) is 5.02 Å². The maximum absolute atomic E-state index is 9.64. The monoisotopic (exact) mass is 404 g/mol. The summed E-state index contributed by atoms with van der Waals surface area (Å²) < 4.78 is 0. The van der Waals surface area contributed by atoms with E-state index >= 15 is 0 Å². The van der Waals surface area contributed by atoms with Crippen molar-refractivity contribution in [2.75, 3.05) is 13.1 Å². The van der Waals surface area contributed by atoms with Gasteiger partial charge in [0.15, 0.2) is 0 Å². The number of aliphatic carboxylic acids is 2. The standard InChI is InChI=1S/C17H19ClN2.C4H6O4/c18-17-6-4-14-7-10-19-11-8-15(14)16(17)5-3-13-2-1-9-20-12-13;5-3(6)1-2-4(7)8/h1-2,4,6,9,12,19H,3,5,7-8,10-11H2;1-2H2,(H,5,6)(H,7,8). The van der Waals surface area contributed by atoms with Gasteiger partial charge in [0.25, 0.3) is 0 Å². The van der Waals surface area contributed by atoms with Gasteiger partial charge in [0.05, 0.1) is 12.8 Å². The predicted octanol–water partition coefficient (Wildman–Crippen LogP) is 3.14. The van der Waals surface area contributed by atoms with E-state index in [0.29, 0.717) is 0 Å². The summed E-state index contributed by atoms with van der Waals surface area (Å²) in [5.74, 6) is -2.15. The number of nitrogens with zero attached hydrogens (tertiary/aromatic N) is 1. The SMILES string of the molecule is Clc1ccc2c(c1CCc1cccnc1)CCNCC2.O=C(O)CCC(=O)O. The molecule has 0 spiro atoms. The highest BCUT2D eigenvalue weighted by Gasteiger charge is 2.14. The van der Waals surface area contributed by atoms with Crippen LogP contribution in [0.15, 0.2) is 36.7 Å². The van der Waals surface area contributed by atoms with Gasteiger partial charge in [-0.2, -0.15) is 0 Å². The van der Waals surface area contributed by atoms with Crippen LogP contribution in [0.5, 0.6) is 0 Å². The molecule has 6 nitrogen and oxygen atoms in total. The largest absolute Gasteiger partial charge is 0.481 e. The summed E-state index contributed by atoms with van der Waals surface area (Å²) in [7, 11) is 0. The molecule has 2 heterocycles. The molecule has 0 amide bonds. The number of rotatable bonds is 6. The lowest BCUT2D eigenvalue weighted by molar-refractivity contribution is -0.143. The van der Waals surface area contributed by atoms with Gasteiger partial charge in [-0.3, -0.25) is 14.6 Å². The minimum Gasteiger partial charge on any atom is -0.481 e. The highest BCUT2D eigenvalue weighted by atomic mass is 35.5. The van der Waals surface area contributed by atoms with Gasteiger partial charge in [0, 0.05) is 17.4 Å². The minimum absolute atomic E-state index is 0.296. The number of hydrogen-bond donors (Lipinski definition) is 3. The molecule has 150 valence electrons. The van der Waals surface area contributed by atoms with E-state index in [0.717, 1.165) is 43.8 Å². The number of hydrogen-bond acceptors (Lipinski definition) is 4. The number of aryl methyl sites for hydroxylation is 1. The number of carboxylic acids is 2. The van der Waals surface area contributed by atoms with Gasteiger partial charge >= 0.3 is 11.9 Å². The topological polar surface area (TPSA) is 99.5 Å².